The Bertz CT molecular complexity index is 631. The standard InChI is InChI=1S/C16H18BrNO3/c1-10(13-6-5-12(20-2)9-15(13)19)18-11-4-7-14(17)16(8-11)21-3/h4-10,18-19H,1-3H3. The molecular formula is C16H18BrNO3. The summed E-state index contributed by atoms with van der Waals surface area (Å²) in [5.41, 5.74) is 1.72. The van der Waals surface area contributed by atoms with E-state index in [1.807, 2.05) is 37.3 Å². The molecule has 0 fully saturated rings. The molecule has 0 saturated heterocycles. The predicted molar refractivity (Wildman–Crippen MR) is 87.4 cm³/mol. The fourth-order valence-corrected chi connectivity index (χ4v) is 2.50. The lowest BCUT2D eigenvalue weighted by Crippen LogP contribution is -2.07. The van der Waals surface area contributed by atoms with Crippen molar-refractivity contribution >= 4 is 21.6 Å². The predicted octanol–water partition coefficient (Wildman–Crippen LogP) is 4.35. The van der Waals surface area contributed by atoms with E-state index in [9.17, 15) is 5.11 Å². The van der Waals surface area contributed by atoms with Crippen LogP contribution in [0.5, 0.6) is 17.2 Å². The highest BCUT2D eigenvalue weighted by molar-refractivity contribution is 9.10. The minimum absolute atomic E-state index is 0.0539. The maximum absolute atomic E-state index is 10.1. The zero-order valence-electron chi connectivity index (χ0n) is 12.2. The Morgan fingerprint density at radius 2 is 1.86 bits per heavy atom. The van der Waals surface area contributed by atoms with Crippen LogP contribution in [-0.2, 0) is 0 Å². The van der Waals surface area contributed by atoms with Crippen LogP contribution in [0.3, 0.4) is 0 Å². The average Bonchev–Trinajstić information content (AvgIpc) is 2.48. The molecule has 0 radical (unpaired) electrons. The van der Waals surface area contributed by atoms with Crippen molar-refractivity contribution < 1.29 is 14.6 Å². The highest BCUT2D eigenvalue weighted by Gasteiger charge is 2.12. The molecule has 1 atom stereocenters. The first kappa shape index (κ1) is 15.5. The Hall–Kier alpha value is -1.88. The van der Waals surface area contributed by atoms with Crippen molar-refractivity contribution in [2.24, 2.45) is 0 Å². The van der Waals surface area contributed by atoms with Gasteiger partial charge in [0.2, 0.25) is 0 Å². The fraction of sp³-hybridized carbons (Fsp3) is 0.250. The lowest BCUT2D eigenvalue weighted by Gasteiger charge is -2.18. The van der Waals surface area contributed by atoms with Crippen LogP contribution in [0.25, 0.3) is 0 Å². The second-order valence-electron chi connectivity index (χ2n) is 4.64. The van der Waals surface area contributed by atoms with Gasteiger partial charge in [-0.1, -0.05) is 0 Å². The average molecular weight is 352 g/mol. The Kier molecular flexibility index (Phi) is 4.96. The fourth-order valence-electron chi connectivity index (χ4n) is 2.09. The molecule has 0 amide bonds. The summed E-state index contributed by atoms with van der Waals surface area (Å²) in [4.78, 5) is 0. The van der Waals surface area contributed by atoms with E-state index in [-0.39, 0.29) is 11.8 Å². The zero-order valence-corrected chi connectivity index (χ0v) is 13.8. The van der Waals surface area contributed by atoms with E-state index in [1.165, 1.54) is 0 Å². The van der Waals surface area contributed by atoms with Gasteiger partial charge in [0.25, 0.3) is 0 Å². The summed E-state index contributed by atoms with van der Waals surface area (Å²) < 4.78 is 11.3. The summed E-state index contributed by atoms with van der Waals surface area (Å²) in [5.74, 6) is 1.60. The third-order valence-electron chi connectivity index (χ3n) is 3.24. The minimum atomic E-state index is -0.0539. The molecule has 112 valence electrons. The molecule has 2 aromatic carbocycles. The quantitative estimate of drug-likeness (QED) is 0.840. The molecule has 0 aromatic heterocycles. The van der Waals surface area contributed by atoms with Crippen molar-refractivity contribution in [3.63, 3.8) is 0 Å². The third-order valence-corrected chi connectivity index (χ3v) is 3.89. The van der Waals surface area contributed by atoms with E-state index in [2.05, 4.69) is 21.2 Å². The van der Waals surface area contributed by atoms with Gasteiger partial charge in [0.15, 0.2) is 0 Å². The molecule has 2 N–H and O–H groups in total. The summed E-state index contributed by atoms with van der Waals surface area (Å²) in [6, 6.07) is 11.0. The lowest BCUT2D eigenvalue weighted by molar-refractivity contribution is 0.406. The molecule has 4 nitrogen and oxygen atoms in total. The molecule has 0 bridgehead atoms. The first-order valence-electron chi connectivity index (χ1n) is 6.52. The highest BCUT2D eigenvalue weighted by Crippen LogP contribution is 2.33. The number of hydrogen-bond acceptors (Lipinski definition) is 4. The van der Waals surface area contributed by atoms with Gasteiger partial charge in [0.1, 0.15) is 17.2 Å². The van der Waals surface area contributed by atoms with Gasteiger partial charge in [-0.15, -0.1) is 0 Å². The number of phenols is 1. The van der Waals surface area contributed by atoms with Crippen molar-refractivity contribution in [1.29, 1.82) is 0 Å². The molecule has 1 unspecified atom stereocenters. The van der Waals surface area contributed by atoms with Crippen LogP contribution in [0.2, 0.25) is 0 Å². The van der Waals surface area contributed by atoms with Gasteiger partial charge in [-0.05, 0) is 47.1 Å². The SMILES string of the molecule is COc1ccc(C(C)Nc2ccc(Br)c(OC)c2)c(O)c1. The van der Waals surface area contributed by atoms with Gasteiger partial charge in [0, 0.05) is 23.4 Å². The topological polar surface area (TPSA) is 50.7 Å². The van der Waals surface area contributed by atoms with Crippen LogP contribution < -0.4 is 14.8 Å². The molecule has 0 heterocycles. The maximum atomic E-state index is 10.1. The molecule has 21 heavy (non-hydrogen) atoms. The lowest BCUT2D eigenvalue weighted by atomic mass is 10.1. The number of anilines is 1. The molecule has 0 aliphatic rings. The van der Waals surface area contributed by atoms with Gasteiger partial charge >= 0.3 is 0 Å². The van der Waals surface area contributed by atoms with Gasteiger partial charge in [-0.3, -0.25) is 0 Å². The van der Waals surface area contributed by atoms with E-state index in [0.717, 1.165) is 21.5 Å². The molecule has 5 heteroatoms. The molecule has 0 saturated carbocycles. The summed E-state index contributed by atoms with van der Waals surface area (Å²) >= 11 is 3.42. The minimum Gasteiger partial charge on any atom is -0.507 e. The van der Waals surface area contributed by atoms with E-state index < -0.39 is 0 Å². The van der Waals surface area contributed by atoms with Gasteiger partial charge in [0.05, 0.1) is 24.7 Å². The monoisotopic (exact) mass is 351 g/mol. The third kappa shape index (κ3) is 3.61. The van der Waals surface area contributed by atoms with Crippen LogP contribution in [0.15, 0.2) is 40.9 Å². The van der Waals surface area contributed by atoms with Crippen LogP contribution in [0, 0.1) is 0 Å². The molecule has 2 aromatic rings. The number of phenolic OH excluding ortho intramolecular Hbond substituents is 1. The summed E-state index contributed by atoms with van der Waals surface area (Å²) in [6.45, 7) is 1.98. The van der Waals surface area contributed by atoms with Crippen molar-refractivity contribution in [1.82, 2.24) is 0 Å². The molecular weight excluding hydrogens is 334 g/mol. The van der Waals surface area contributed by atoms with E-state index in [1.54, 1.807) is 20.3 Å². The van der Waals surface area contributed by atoms with Gasteiger partial charge in [-0.25, -0.2) is 0 Å². The first-order valence-corrected chi connectivity index (χ1v) is 7.31. The van der Waals surface area contributed by atoms with Crippen molar-refractivity contribution in [3.8, 4) is 17.2 Å². The van der Waals surface area contributed by atoms with Crippen LogP contribution >= 0.6 is 15.9 Å². The smallest absolute Gasteiger partial charge is 0.135 e. The summed E-state index contributed by atoms with van der Waals surface area (Å²) in [6.07, 6.45) is 0. The van der Waals surface area contributed by atoms with Crippen molar-refractivity contribution in [3.05, 3.63) is 46.4 Å². The van der Waals surface area contributed by atoms with E-state index in [0.29, 0.717) is 5.75 Å². The Morgan fingerprint density at radius 1 is 1.10 bits per heavy atom. The summed E-state index contributed by atoms with van der Waals surface area (Å²) in [7, 11) is 3.20. The van der Waals surface area contributed by atoms with Crippen LogP contribution in [-0.4, -0.2) is 19.3 Å². The second kappa shape index (κ2) is 6.72. The zero-order chi connectivity index (χ0) is 15.4. The number of hydrogen-bond donors (Lipinski definition) is 2. The number of nitrogens with one attached hydrogen (secondary N) is 1. The Balaban J connectivity index is 2.19. The van der Waals surface area contributed by atoms with Crippen molar-refractivity contribution in [2.75, 3.05) is 19.5 Å². The highest BCUT2D eigenvalue weighted by atomic mass is 79.9. The number of benzene rings is 2. The Labute approximate surface area is 132 Å². The summed E-state index contributed by atoms with van der Waals surface area (Å²) in [5, 5.41) is 13.4. The largest absolute Gasteiger partial charge is 0.507 e. The number of ether oxygens (including phenoxy) is 2. The molecule has 0 aliphatic heterocycles. The maximum Gasteiger partial charge on any atom is 0.135 e. The van der Waals surface area contributed by atoms with Crippen LogP contribution in [0.4, 0.5) is 5.69 Å². The van der Waals surface area contributed by atoms with E-state index in [4.69, 9.17) is 9.47 Å². The van der Waals surface area contributed by atoms with Crippen LogP contribution in [0.1, 0.15) is 18.5 Å². The molecule has 0 aliphatic carbocycles. The molecule has 2 rings (SSSR count). The molecule has 0 spiro atoms. The van der Waals surface area contributed by atoms with Gasteiger partial charge in [-0.2, -0.15) is 0 Å². The second-order valence-corrected chi connectivity index (χ2v) is 5.49. The normalized spacial score (nSPS) is 11.8. The first-order chi connectivity index (χ1) is 10.0. The number of aromatic hydroxyl groups is 1. The van der Waals surface area contributed by atoms with E-state index >= 15 is 0 Å². The number of rotatable bonds is 5. The Morgan fingerprint density at radius 3 is 2.48 bits per heavy atom. The number of halogens is 1. The van der Waals surface area contributed by atoms with Gasteiger partial charge < -0.3 is 19.9 Å². The number of methoxy groups -OCH3 is 2. The van der Waals surface area contributed by atoms with Crippen molar-refractivity contribution in [2.45, 2.75) is 13.0 Å².